The fourth-order valence-corrected chi connectivity index (χ4v) is 7.93. The number of rotatable bonds is 9. The molecule has 2 aliphatic heterocycles. The molecule has 3 amide bonds. The molecule has 2 aliphatic carbocycles. The standard InChI is InChI=1S/C39H37N5O7/c1-42(2)22-10-13-30-29(17-22)37(48)41-36(40-30)33-34(46)25-19-27-28(20-26(25)35(33)47)39(50)44(38(27)49)31-18-23(11-12-24(31)21-7-3-4-8-21)51-16-6-15-43-14-5-9-32(43)45/h10-13,17-21,33H,3-9,14-16H2,1-2H3,(H,40,41,48). The monoisotopic (exact) mass is 687 g/mol. The number of benzene rings is 3. The summed E-state index contributed by atoms with van der Waals surface area (Å²) in [6.45, 7) is 1.73. The normalized spacial score (nSPS) is 17.7. The van der Waals surface area contributed by atoms with Crippen LogP contribution in [0.3, 0.4) is 0 Å². The molecule has 3 aromatic carbocycles. The maximum atomic E-state index is 14.1. The molecule has 12 nitrogen and oxygen atoms in total. The summed E-state index contributed by atoms with van der Waals surface area (Å²) in [5, 5.41) is 0.320. The Hall–Kier alpha value is -5.65. The van der Waals surface area contributed by atoms with Crippen molar-refractivity contribution < 1.29 is 28.7 Å². The van der Waals surface area contributed by atoms with Crippen LogP contribution in [0.5, 0.6) is 5.75 Å². The Balaban J connectivity index is 1.08. The lowest BCUT2D eigenvalue weighted by molar-refractivity contribution is -0.127. The van der Waals surface area contributed by atoms with Crippen molar-refractivity contribution in [1.82, 2.24) is 14.9 Å². The number of amides is 3. The molecule has 0 atom stereocenters. The van der Waals surface area contributed by atoms with Gasteiger partial charge in [0, 0.05) is 56.5 Å². The molecule has 12 heteroatoms. The number of H-pyrrole nitrogens is 1. The molecule has 4 aliphatic rings. The average molecular weight is 688 g/mol. The fraction of sp³-hybridized carbons (Fsp3) is 0.359. The number of hydrogen-bond acceptors (Lipinski definition) is 9. The number of nitrogens with one attached hydrogen (secondary N) is 1. The van der Waals surface area contributed by atoms with Crippen LogP contribution < -0.4 is 20.1 Å². The highest BCUT2D eigenvalue weighted by atomic mass is 16.5. The van der Waals surface area contributed by atoms with Gasteiger partial charge in [0.05, 0.1) is 34.3 Å². The van der Waals surface area contributed by atoms with Gasteiger partial charge in [0.15, 0.2) is 11.6 Å². The third kappa shape index (κ3) is 5.49. The summed E-state index contributed by atoms with van der Waals surface area (Å²) in [6, 6.07) is 13.3. The molecule has 0 spiro atoms. The van der Waals surface area contributed by atoms with Crippen LogP contribution in [0.25, 0.3) is 10.9 Å². The van der Waals surface area contributed by atoms with Crippen LogP contribution in [0.1, 0.15) is 110 Å². The quantitative estimate of drug-likeness (QED) is 0.146. The number of nitrogens with zero attached hydrogens (tertiary/aromatic N) is 4. The predicted molar refractivity (Wildman–Crippen MR) is 189 cm³/mol. The highest BCUT2D eigenvalue weighted by Crippen LogP contribution is 2.44. The zero-order chi connectivity index (χ0) is 35.6. The first kappa shape index (κ1) is 32.5. The number of hydrogen-bond donors (Lipinski definition) is 1. The van der Waals surface area contributed by atoms with Crippen LogP contribution in [0.4, 0.5) is 11.4 Å². The second-order valence-corrected chi connectivity index (χ2v) is 14.0. The first-order valence-corrected chi connectivity index (χ1v) is 17.5. The number of aromatic amines is 1. The lowest BCUT2D eigenvalue weighted by Crippen LogP contribution is -2.30. The van der Waals surface area contributed by atoms with E-state index in [-0.39, 0.29) is 39.9 Å². The lowest BCUT2D eigenvalue weighted by Gasteiger charge is -2.23. The van der Waals surface area contributed by atoms with Crippen molar-refractivity contribution >= 4 is 51.6 Å². The van der Waals surface area contributed by atoms with Gasteiger partial charge < -0.3 is 19.5 Å². The first-order chi connectivity index (χ1) is 24.6. The Bertz CT molecular complexity index is 2180. The molecule has 1 N–H and O–H groups in total. The number of carbonyl (C=O) groups excluding carboxylic acids is 5. The summed E-state index contributed by atoms with van der Waals surface area (Å²) >= 11 is 0. The number of carbonyl (C=O) groups is 5. The van der Waals surface area contributed by atoms with E-state index in [1.54, 1.807) is 24.3 Å². The van der Waals surface area contributed by atoms with Gasteiger partial charge in [-0.2, -0.15) is 0 Å². The molecular formula is C39H37N5O7. The van der Waals surface area contributed by atoms with E-state index in [4.69, 9.17) is 4.74 Å². The molecule has 51 heavy (non-hydrogen) atoms. The third-order valence-corrected chi connectivity index (χ3v) is 10.6. The molecule has 0 unspecified atom stereocenters. The van der Waals surface area contributed by atoms with E-state index in [2.05, 4.69) is 9.97 Å². The van der Waals surface area contributed by atoms with Gasteiger partial charge in [0.2, 0.25) is 5.91 Å². The number of ketones is 2. The number of Topliss-reactive ketones (excluding diaryl/α,β-unsaturated/α-hetero) is 2. The van der Waals surface area contributed by atoms with Crippen molar-refractivity contribution in [1.29, 1.82) is 0 Å². The number of likely N-dealkylation sites (tertiary alicyclic amines) is 1. The van der Waals surface area contributed by atoms with E-state index in [0.29, 0.717) is 48.3 Å². The summed E-state index contributed by atoms with van der Waals surface area (Å²) in [6.07, 6.45) is 6.06. The predicted octanol–water partition coefficient (Wildman–Crippen LogP) is 5.00. The zero-order valence-electron chi connectivity index (χ0n) is 28.5. The minimum Gasteiger partial charge on any atom is -0.493 e. The Morgan fingerprint density at radius 1 is 0.843 bits per heavy atom. The topological polar surface area (TPSA) is 150 Å². The van der Waals surface area contributed by atoms with Crippen LogP contribution in [0, 0.1) is 0 Å². The van der Waals surface area contributed by atoms with E-state index in [1.807, 2.05) is 36.0 Å². The molecule has 4 aromatic rings. The molecular weight excluding hydrogens is 650 g/mol. The summed E-state index contributed by atoms with van der Waals surface area (Å²) in [5.74, 6) is -3.02. The Morgan fingerprint density at radius 2 is 1.55 bits per heavy atom. The second kappa shape index (κ2) is 12.6. The number of aromatic nitrogens is 2. The fourth-order valence-electron chi connectivity index (χ4n) is 7.93. The third-order valence-electron chi connectivity index (χ3n) is 10.6. The van der Waals surface area contributed by atoms with Crippen molar-refractivity contribution in [3.63, 3.8) is 0 Å². The van der Waals surface area contributed by atoms with Crippen molar-refractivity contribution in [2.24, 2.45) is 0 Å². The molecule has 1 aromatic heterocycles. The maximum absolute atomic E-state index is 14.1. The SMILES string of the molecule is CN(C)c1ccc2nc(C3C(=O)c4cc5c(cc4C3=O)C(=O)N(c3cc(OCCCN4CCCC4=O)ccc3C3CCCC3)C5=O)[nH]c(=O)c2c1. The largest absolute Gasteiger partial charge is 0.493 e. The Morgan fingerprint density at radius 3 is 2.20 bits per heavy atom. The molecule has 0 bridgehead atoms. The Kier molecular flexibility index (Phi) is 8.04. The van der Waals surface area contributed by atoms with Crippen molar-refractivity contribution in [3.05, 3.63) is 92.5 Å². The van der Waals surface area contributed by atoms with Crippen LogP contribution >= 0.6 is 0 Å². The van der Waals surface area contributed by atoms with Gasteiger partial charge in [-0.15, -0.1) is 0 Å². The van der Waals surface area contributed by atoms with Crippen molar-refractivity contribution in [2.45, 2.75) is 56.8 Å². The van der Waals surface area contributed by atoms with E-state index in [1.165, 1.54) is 12.1 Å². The van der Waals surface area contributed by atoms with Gasteiger partial charge in [-0.25, -0.2) is 9.88 Å². The minimum atomic E-state index is -1.40. The van der Waals surface area contributed by atoms with Gasteiger partial charge >= 0.3 is 0 Å². The van der Waals surface area contributed by atoms with E-state index in [9.17, 15) is 28.8 Å². The highest BCUT2D eigenvalue weighted by molar-refractivity contribution is 6.37. The van der Waals surface area contributed by atoms with Crippen LogP contribution in [-0.2, 0) is 4.79 Å². The van der Waals surface area contributed by atoms with Crippen LogP contribution in [0.15, 0.2) is 53.3 Å². The molecule has 8 rings (SSSR count). The van der Waals surface area contributed by atoms with Gasteiger partial charge in [0.1, 0.15) is 17.5 Å². The lowest BCUT2D eigenvalue weighted by atomic mass is 9.95. The van der Waals surface area contributed by atoms with Crippen molar-refractivity contribution in [2.75, 3.05) is 43.6 Å². The van der Waals surface area contributed by atoms with Gasteiger partial charge in [0.25, 0.3) is 17.4 Å². The molecule has 1 saturated heterocycles. The molecule has 0 radical (unpaired) electrons. The van der Waals surface area contributed by atoms with Gasteiger partial charge in [-0.05, 0) is 73.6 Å². The van der Waals surface area contributed by atoms with Crippen molar-refractivity contribution in [3.8, 4) is 5.75 Å². The van der Waals surface area contributed by atoms with E-state index in [0.717, 1.165) is 54.8 Å². The maximum Gasteiger partial charge on any atom is 0.266 e. The number of imide groups is 1. The summed E-state index contributed by atoms with van der Waals surface area (Å²) in [7, 11) is 3.69. The highest BCUT2D eigenvalue weighted by Gasteiger charge is 2.46. The Labute approximate surface area is 293 Å². The molecule has 260 valence electrons. The average Bonchev–Trinajstić information content (AvgIpc) is 3.90. The smallest absolute Gasteiger partial charge is 0.266 e. The summed E-state index contributed by atoms with van der Waals surface area (Å²) in [4.78, 5) is 92.8. The van der Waals surface area contributed by atoms with Gasteiger partial charge in [-0.3, -0.25) is 28.8 Å². The minimum absolute atomic E-state index is 0.0158. The second-order valence-electron chi connectivity index (χ2n) is 14.0. The number of fused-ring (bicyclic) bond motifs is 3. The molecule has 3 heterocycles. The zero-order valence-corrected chi connectivity index (χ0v) is 28.5. The molecule has 2 fully saturated rings. The first-order valence-electron chi connectivity index (χ1n) is 17.5. The van der Waals surface area contributed by atoms with E-state index >= 15 is 0 Å². The van der Waals surface area contributed by atoms with Gasteiger partial charge in [-0.1, -0.05) is 18.9 Å². The van der Waals surface area contributed by atoms with E-state index < -0.39 is 34.9 Å². The van der Waals surface area contributed by atoms with Crippen LogP contribution in [0.2, 0.25) is 0 Å². The molecule has 1 saturated carbocycles. The number of anilines is 2. The summed E-state index contributed by atoms with van der Waals surface area (Å²) in [5.41, 5.74) is 2.07. The van der Waals surface area contributed by atoms with Crippen LogP contribution in [-0.4, -0.2) is 77.9 Å². The summed E-state index contributed by atoms with van der Waals surface area (Å²) < 4.78 is 6.05. The number of ether oxygens (including phenoxy) is 1.